The van der Waals surface area contributed by atoms with Crippen LogP contribution in [0.15, 0.2) is 0 Å². The van der Waals surface area contributed by atoms with Crippen molar-refractivity contribution >= 4 is 23.1 Å². The molecule has 2 rings (SSSR count). The molecule has 0 atom stereocenters. The molecule has 0 fully saturated rings. The summed E-state index contributed by atoms with van der Waals surface area (Å²) in [5.41, 5.74) is 1.34. The van der Waals surface area contributed by atoms with Crippen molar-refractivity contribution in [3.05, 3.63) is 15.6 Å². The normalized spacial score (nSPS) is 16.1. The third-order valence-electron chi connectivity index (χ3n) is 1.36. The fraction of sp³-hybridized carbons (Fsp3) is 0.500. The molecular weight excluding hydrogens is 150 g/mol. The van der Waals surface area contributed by atoms with Gasteiger partial charge in [-0.2, -0.15) is 0 Å². The van der Waals surface area contributed by atoms with Crippen LogP contribution in [0.4, 0.5) is 0 Å². The van der Waals surface area contributed by atoms with Crippen LogP contribution in [0.3, 0.4) is 0 Å². The monoisotopic (exact) mass is 157 g/mol. The number of nitrogens with zero attached hydrogens (tertiary/aromatic N) is 1. The van der Waals surface area contributed by atoms with Gasteiger partial charge in [-0.25, -0.2) is 4.98 Å². The lowest BCUT2D eigenvalue weighted by atomic mass is 10.4. The molecule has 9 heavy (non-hydrogen) atoms. The first-order valence-corrected chi connectivity index (χ1v) is 4.86. The Kier molecular flexibility index (Phi) is 1.27. The number of aryl methyl sites for hydroxylation is 1. The standard InChI is InChI=1S/C6H7NS2/c1-4-7-5-2-8-3-6(5)9-4/h2-3H2,1H3. The number of rotatable bonds is 0. The minimum Gasteiger partial charge on any atom is -0.245 e. The van der Waals surface area contributed by atoms with E-state index in [4.69, 9.17) is 0 Å². The highest BCUT2D eigenvalue weighted by molar-refractivity contribution is 7.98. The van der Waals surface area contributed by atoms with Crippen molar-refractivity contribution in [3.63, 3.8) is 0 Å². The Morgan fingerprint density at radius 1 is 1.44 bits per heavy atom. The van der Waals surface area contributed by atoms with Gasteiger partial charge in [0.2, 0.25) is 0 Å². The minimum absolute atomic E-state index is 1.14. The Hall–Kier alpha value is -0.0200. The zero-order valence-electron chi connectivity index (χ0n) is 5.18. The number of thiazole rings is 1. The van der Waals surface area contributed by atoms with Crippen molar-refractivity contribution in [2.24, 2.45) is 0 Å². The molecule has 0 N–H and O–H groups in total. The smallest absolute Gasteiger partial charge is 0.0900 e. The molecule has 0 amide bonds. The van der Waals surface area contributed by atoms with Crippen LogP contribution in [0.1, 0.15) is 15.6 Å². The van der Waals surface area contributed by atoms with Crippen LogP contribution in [-0.4, -0.2) is 4.98 Å². The van der Waals surface area contributed by atoms with Gasteiger partial charge in [-0.1, -0.05) is 0 Å². The molecule has 0 aromatic carbocycles. The van der Waals surface area contributed by atoms with Crippen LogP contribution in [0.5, 0.6) is 0 Å². The maximum absolute atomic E-state index is 4.39. The van der Waals surface area contributed by atoms with E-state index in [0.29, 0.717) is 0 Å². The molecule has 0 spiro atoms. The van der Waals surface area contributed by atoms with Gasteiger partial charge in [-0.3, -0.25) is 0 Å². The van der Waals surface area contributed by atoms with Gasteiger partial charge in [-0.05, 0) is 6.92 Å². The predicted molar refractivity (Wildman–Crippen MR) is 41.9 cm³/mol. The van der Waals surface area contributed by atoms with Gasteiger partial charge >= 0.3 is 0 Å². The molecule has 1 aliphatic rings. The van der Waals surface area contributed by atoms with Crippen LogP contribution >= 0.6 is 23.1 Å². The van der Waals surface area contributed by atoms with Gasteiger partial charge < -0.3 is 0 Å². The van der Waals surface area contributed by atoms with E-state index in [0.717, 1.165) is 5.75 Å². The molecule has 1 aromatic rings. The molecule has 1 aromatic heterocycles. The van der Waals surface area contributed by atoms with E-state index in [1.54, 1.807) is 0 Å². The van der Waals surface area contributed by atoms with Gasteiger partial charge in [0, 0.05) is 16.4 Å². The number of fused-ring (bicyclic) bond motifs is 1. The molecular formula is C6H7NS2. The van der Waals surface area contributed by atoms with Crippen molar-refractivity contribution in [2.45, 2.75) is 18.4 Å². The molecule has 0 saturated carbocycles. The first-order valence-electron chi connectivity index (χ1n) is 2.89. The highest BCUT2D eigenvalue weighted by Gasteiger charge is 2.14. The molecule has 3 heteroatoms. The Balaban J connectivity index is 2.51. The number of thioether (sulfide) groups is 1. The van der Waals surface area contributed by atoms with Crippen LogP contribution in [-0.2, 0) is 11.5 Å². The largest absolute Gasteiger partial charge is 0.245 e. The quantitative estimate of drug-likeness (QED) is 0.572. The summed E-state index contributed by atoms with van der Waals surface area (Å²) >= 11 is 3.81. The summed E-state index contributed by atoms with van der Waals surface area (Å²) in [7, 11) is 0. The van der Waals surface area contributed by atoms with E-state index in [9.17, 15) is 0 Å². The van der Waals surface area contributed by atoms with E-state index in [1.807, 2.05) is 23.1 Å². The zero-order valence-corrected chi connectivity index (χ0v) is 6.81. The predicted octanol–water partition coefficient (Wildman–Crippen LogP) is 2.20. The van der Waals surface area contributed by atoms with E-state index >= 15 is 0 Å². The number of hydrogen-bond acceptors (Lipinski definition) is 3. The molecule has 0 aliphatic carbocycles. The first kappa shape index (κ1) is 5.74. The molecule has 48 valence electrons. The molecule has 0 saturated heterocycles. The second kappa shape index (κ2) is 1.99. The lowest BCUT2D eigenvalue weighted by molar-refractivity contribution is 1.18. The van der Waals surface area contributed by atoms with E-state index in [-0.39, 0.29) is 0 Å². The van der Waals surface area contributed by atoms with Crippen LogP contribution < -0.4 is 0 Å². The Bertz CT molecular complexity index is 207. The third-order valence-corrected chi connectivity index (χ3v) is 3.52. The molecule has 2 heterocycles. The Labute approximate surface area is 62.5 Å². The summed E-state index contributed by atoms with van der Waals surface area (Å²) < 4.78 is 0. The van der Waals surface area contributed by atoms with Gasteiger partial charge in [0.05, 0.1) is 10.7 Å². The molecule has 0 bridgehead atoms. The van der Waals surface area contributed by atoms with E-state index in [1.165, 1.54) is 21.3 Å². The molecule has 0 unspecified atom stereocenters. The summed E-state index contributed by atoms with van der Waals surface area (Å²) in [6.45, 7) is 2.08. The number of hydrogen-bond donors (Lipinski definition) is 0. The topological polar surface area (TPSA) is 12.9 Å². The summed E-state index contributed by atoms with van der Waals surface area (Å²) in [4.78, 5) is 5.89. The second-order valence-corrected chi connectivity index (χ2v) is 4.37. The molecule has 0 radical (unpaired) electrons. The van der Waals surface area contributed by atoms with Gasteiger partial charge in [0.15, 0.2) is 0 Å². The number of aromatic nitrogens is 1. The second-order valence-electron chi connectivity index (χ2n) is 2.10. The van der Waals surface area contributed by atoms with Gasteiger partial charge in [-0.15, -0.1) is 23.1 Å². The van der Waals surface area contributed by atoms with Gasteiger partial charge in [0.1, 0.15) is 0 Å². The molecule has 1 aliphatic heterocycles. The van der Waals surface area contributed by atoms with Crippen molar-refractivity contribution < 1.29 is 0 Å². The SMILES string of the molecule is Cc1nc2c(s1)CSC2. The van der Waals surface area contributed by atoms with E-state index < -0.39 is 0 Å². The van der Waals surface area contributed by atoms with Crippen molar-refractivity contribution in [1.82, 2.24) is 4.98 Å². The lowest BCUT2D eigenvalue weighted by Gasteiger charge is -1.80. The summed E-state index contributed by atoms with van der Waals surface area (Å²) in [6.07, 6.45) is 0. The fourth-order valence-corrected chi connectivity index (χ4v) is 3.19. The maximum atomic E-state index is 4.39. The summed E-state index contributed by atoms with van der Waals surface area (Å²) in [6, 6.07) is 0. The first-order chi connectivity index (χ1) is 4.36. The Morgan fingerprint density at radius 2 is 2.33 bits per heavy atom. The maximum Gasteiger partial charge on any atom is 0.0900 e. The third kappa shape index (κ3) is 0.883. The summed E-state index contributed by atoms with van der Waals surface area (Å²) in [5.74, 6) is 2.33. The highest BCUT2D eigenvalue weighted by Crippen LogP contribution is 2.33. The average molecular weight is 157 g/mol. The zero-order chi connectivity index (χ0) is 6.27. The fourth-order valence-electron chi connectivity index (χ4n) is 0.978. The van der Waals surface area contributed by atoms with Gasteiger partial charge in [0.25, 0.3) is 0 Å². The van der Waals surface area contributed by atoms with Crippen LogP contribution in [0.25, 0.3) is 0 Å². The highest BCUT2D eigenvalue weighted by atomic mass is 32.2. The van der Waals surface area contributed by atoms with Crippen LogP contribution in [0, 0.1) is 6.92 Å². The average Bonchev–Trinajstić information content (AvgIpc) is 2.22. The minimum atomic E-state index is 1.14. The lowest BCUT2D eigenvalue weighted by Crippen LogP contribution is -1.74. The van der Waals surface area contributed by atoms with Crippen LogP contribution in [0.2, 0.25) is 0 Å². The van der Waals surface area contributed by atoms with Crippen molar-refractivity contribution in [1.29, 1.82) is 0 Å². The van der Waals surface area contributed by atoms with Crippen molar-refractivity contribution in [2.75, 3.05) is 0 Å². The Morgan fingerprint density at radius 3 is 3.11 bits per heavy atom. The van der Waals surface area contributed by atoms with Crippen molar-refractivity contribution in [3.8, 4) is 0 Å². The molecule has 1 nitrogen and oxygen atoms in total. The van der Waals surface area contributed by atoms with E-state index in [2.05, 4.69) is 11.9 Å². The summed E-state index contributed by atoms with van der Waals surface area (Å²) in [5, 5.41) is 1.22.